The Morgan fingerprint density at radius 2 is 2.13 bits per heavy atom. The van der Waals surface area contributed by atoms with Crippen LogP contribution in [0.3, 0.4) is 0 Å². The van der Waals surface area contributed by atoms with Crippen LogP contribution in [0.5, 0.6) is 17.2 Å². The Kier molecular flexibility index (Phi) is 5.91. The van der Waals surface area contributed by atoms with Gasteiger partial charge < -0.3 is 19.1 Å². The summed E-state index contributed by atoms with van der Waals surface area (Å²) >= 11 is 0. The van der Waals surface area contributed by atoms with E-state index in [-0.39, 0.29) is 24.0 Å². The van der Waals surface area contributed by atoms with Crippen molar-refractivity contribution in [3.8, 4) is 17.2 Å². The molecule has 1 aliphatic carbocycles. The van der Waals surface area contributed by atoms with Crippen molar-refractivity contribution in [2.45, 2.75) is 59.4 Å². The molecule has 5 heteroatoms. The predicted molar refractivity (Wildman–Crippen MR) is 121 cm³/mol. The van der Waals surface area contributed by atoms with E-state index in [1.54, 1.807) is 7.11 Å². The highest BCUT2D eigenvalue weighted by molar-refractivity contribution is 5.95. The largest absolute Gasteiger partial charge is 0.492 e. The summed E-state index contributed by atoms with van der Waals surface area (Å²) in [5, 5.41) is 0. The third kappa shape index (κ3) is 4.00. The van der Waals surface area contributed by atoms with E-state index in [9.17, 15) is 4.79 Å². The Morgan fingerprint density at radius 3 is 2.84 bits per heavy atom. The lowest BCUT2D eigenvalue weighted by Gasteiger charge is -2.37. The number of allylic oxidation sites excluding steroid dienone is 4. The maximum Gasteiger partial charge on any atom is 0.231 e. The quantitative estimate of drug-likeness (QED) is 0.574. The molecule has 0 aromatic heterocycles. The standard InChI is InChI=1S/C26H35NO4/c1-16-8-7-10-26(3,4)19(16)12-17(2)21(28)14-20-23-18(9-11-27(20)5)13-22-24(25(23)29-6)31-15-30-22/h8,12-13,19-20H,7,9-11,14-15H2,1-6H3/p+1/b17-12+/t19-,20-/m1/s1. The minimum atomic E-state index is 0.0417. The molecule has 1 N–H and O–H groups in total. The summed E-state index contributed by atoms with van der Waals surface area (Å²) < 4.78 is 17.1. The number of nitrogens with one attached hydrogen (secondary N) is 1. The van der Waals surface area contributed by atoms with Gasteiger partial charge in [-0.25, -0.2) is 0 Å². The van der Waals surface area contributed by atoms with Crippen LogP contribution in [0.2, 0.25) is 0 Å². The molecule has 1 aromatic carbocycles. The first kappa shape index (κ1) is 21.9. The van der Waals surface area contributed by atoms with Crippen LogP contribution in [0.1, 0.15) is 64.1 Å². The molecule has 0 amide bonds. The van der Waals surface area contributed by atoms with Crippen molar-refractivity contribution in [1.82, 2.24) is 0 Å². The zero-order valence-electron chi connectivity index (χ0n) is 19.8. The Morgan fingerprint density at radius 1 is 1.35 bits per heavy atom. The van der Waals surface area contributed by atoms with E-state index in [1.807, 2.05) is 6.92 Å². The van der Waals surface area contributed by atoms with Gasteiger partial charge in [-0.15, -0.1) is 0 Å². The average molecular weight is 427 g/mol. The van der Waals surface area contributed by atoms with Crippen molar-refractivity contribution in [2.24, 2.45) is 11.3 Å². The van der Waals surface area contributed by atoms with Gasteiger partial charge in [-0.2, -0.15) is 0 Å². The summed E-state index contributed by atoms with van der Waals surface area (Å²) in [6.07, 6.45) is 8.22. The predicted octanol–water partition coefficient (Wildman–Crippen LogP) is 3.82. The fraction of sp³-hybridized carbons (Fsp3) is 0.577. The molecule has 5 nitrogen and oxygen atoms in total. The summed E-state index contributed by atoms with van der Waals surface area (Å²) in [5.74, 6) is 2.68. The summed E-state index contributed by atoms with van der Waals surface area (Å²) in [5.41, 5.74) is 4.74. The molecule has 2 aliphatic heterocycles. The Bertz CT molecular complexity index is 943. The lowest BCUT2D eigenvalue weighted by molar-refractivity contribution is -0.914. The zero-order valence-corrected chi connectivity index (χ0v) is 19.8. The number of benzene rings is 1. The molecule has 3 aliphatic rings. The third-order valence-electron chi connectivity index (χ3n) is 7.51. The van der Waals surface area contributed by atoms with Crippen LogP contribution in [-0.4, -0.2) is 33.3 Å². The number of hydrogen-bond acceptors (Lipinski definition) is 4. The minimum Gasteiger partial charge on any atom is -0.492 e. The van der Waals surface area contributed by atoms with Crippen molar-refractivity contribution in [3.05, 3.63) is 40.5 Å². The summed E-state index contributed by atoms with van der Waals surface area (Å²) in [4.78, 5) is 14.7. The molecular formula is C26H36NO4+. The molecule has 0 radical (unpaired) electrons. The number of fused-ring (bicyclic) bond motifs is 2. The number of carbonyl (C=O) groups excluding carboxylic acids is 1. The van der Waals surface area contributed by atoms with Gasteiger partial charge in [0.25, 0.3) is 0 Å². The van der Waals surface area contributed by atoms with Crippen molar-refractivity contribution in [2.75, 3.05) is 27.5 Å². The lowest BCUT2D eigenvalue weighted by atomic mass is 9.68. The van der Waals surface area contributed by atoms with Crippen molar-refractivity contribution in [1.29, 1.82) is 0 Å². The van der Waals surface area contributed by atoms with Gasteiger partial charge in [0.05, 0.1) is 32.7 Å². The minimum absolute atomic E-state index is 0.0417. The fourth-order valence-electron chi connectivity index (χ4n) is 5.51. The van der Waals surface area contributed by atoms with Crippen LogP contribution in [0.4, 0.5) is 0 Å². The molecule has 0 bridgehead atoms. The van der Waals surface area contributed by atoms with Gasteiger partial charge in [0.2, 0.25) is 12.5 Å². The number of carbonyl (C=O) groups is 1. The van der Waals surface area contributed by atoms with Crippen LogP contribution in [0.15, 0.2) is 29.4 Å². The topological polar surface area (TPSA) is 49.2 Å². The average Bonchev–Trinajstić information content (AvgIpc) is 3.19. The fourth-order valence-corrected chi connectivity index (χ4v) is 5.51. The van der Waals surface area contributed by atoms with Crippen molar-refractivity contribution < 1.29 is 23.9 Å². The zero-order chi connectivity index (χ0) is 22.3. The Labute approximate surface area is 186 Å². The van der Waals surface area contributed by atoms with Crippen molar-refractivity contribution >= 4 is 5.78 Å². The molecule has 1 unspecified atom stereocenters. The van der Waals surface area contributed by atoms with Crippen LogP contribution in [0.25, 0.3) is 0 Å². The van der Waals surface area contributed by atoms with E-state index in [2.05, 4.69) is 46.0 Å². The molecule has 168 valence electrons. The third-order valence-corrected chi connectivity index (χ3v) is 7.51. The number of rotatable bonds is 5. The highest BCUT2D eigenvalue weighted by atomic mass is 16.7. The number of ketones is 1. The number of hydrogen-bond donors (Lipinski definition) is 1. The van der Waals surface area contributed by atoms with Gasteiger partial charge in [-0.05, 0) is 49.3 Å². The number of quaternary nitrogens is 1. The summed E-state index contributed by atoms with van der Waals surface area (Å²) in [6, 6.07) is 2.12. The van der Waals surface area contributed by atoms with Gasteiger partial charge in [-0.3, -0.25) is 4.79 Å². The van der Waals surface area contributed by atoms with E-state index in [1.165, 1.54) is 16.0 Å². The SMILES string of the molecule is COc1c2c(cc3c1[C@@H](CC(=O)/C(C)=C/[C@@H]1C(C)=CCCC1(C)C)[NH+](C)CC3)OCO2. The normalized spacial score (nSPS) is 26.8. The second kappa shape index (κ2) is 8.34. The molecule has 0 saturated carbocycles. The monoisotopic (exact) mass is 426 g/mol. The van der Waals surface area contributed by atoms with E-state index < -0.39 is 0 Å². The van der Waals surface area contributed by atoms with E-state index >= 15 is 0 Å². The van der Waals surface area contributed by atoms with Crippen LogP contribution in [-0.2, 0) is 11.2 Å². The van der Waals surface area contributed by atoms with Gasteiger partial charge in [0, 0.05) is 12.3 Å². The Balaban J connectivity index is 1.63. The molecule has 1 aromatic rings. The first-order valence-electron chi connectivity index (χ1n) is 11.4. The highest BCUT2D eigenvalue weighted by Gasteiger charge is 2.38. The number of Topliss-reactive ketones (excluding diaryl/α,β-unsaturated/α-hetero) is 1. The number of likely N-dealkylation sites (N-methyl/N-ethyl adjacent to an activating group) is 1. The van der Waals surface area contributed by atoms with Gasteiger partial charge >= 0.3 is 0 Å². The van der Waals surface area contributed by atoms with Gasteiger partial charge in [0.15, 0.2) is 17.3 Å². The van der Waals surface area contributed by atoms with E-state index in [0.29, 0.717) is 18.1 Å². The second-order valence-electron chi connectivity index (χ2n) is 10.0. The van der Waals surface area contributed by atoms with Crippen LogP contribution >= 0.6 is 0 Å². The molecule has 0 saturated heterocycles. The number of methoxy groups -OCH3 is 1. The molecule has 0 spiro atoms. The molecule has 2 heterocycles. The first-order valence-corrected chi connectivity index (χ1v) is 11.4. The van der Waals surface area contributed by atoms with Gasteiger partial charge in [-0.1, -0.05) is 31.6 Å². The Hall–Kier alpha value is -2.27. The second-order valence-corrected chi connectivity index (χ2v) is 10.0. The van der Waals surface area contributed by atoms with Crippen LogP contribution < -0.4 is 19.1 Å². The van der Waals surface area contributed by atoms with E-state index in [4.69, 9.17) is 14.2 Å². The molecule has 31 heavy (non-hydrogen) atoms. The number of ether oxygens (including phenoxy) is 3. The van der Waals surface area contributed by atoms with E-state index in [0.717, 1.165) is 48.4 Å². The molecule has 3 atom stereocenters. The molecule has 4 rings (SSSR count). The highest BCUT2D eigenvalue weighted by Crippen LogP contribution is 2.48. The van der Waals surface area contributed by atoms with Crippen LogP contribution in [0, 0.1) is 11.3 Å². The summed E-state index contributed by atoms with van der Waals surface area (Å²) in [6.45, 7) is 10.00. The smallest absolute Gasteiger partial charge is 0.231 e. The molecule has 0 fully saturated rings. The van der Waals surface area contributed by atoms with Crippen molar-refractivity contribution in [3.63, 3.8) is 0 Å². The summed E-state index contributed by atoms with van der Waals surface area (Å²) in [7, 11) is 3.84. The first-order chi connectivity index (χ1) is 14.7. The maximum atomic E-state index is 13.4. The molecular weight excluding hydrogens is 390 g/mol. The maximum absolute atomic E-state index is 13.4. The van der Waals surface area contributed by atoms with Gasteiger partial charge in [0.1, 0.15) is 6.04 Å². The lowest BCUT2D eigenvalue weighted by Crippen LogP contribution is -3.10.